The summed E-state index contributed by atoms with van der Waals surface area (Å²) in [6.45, 7) is 13.7. The average molecular weight is 487 g/mol. The first kappa shape index (κ1) is 30.1. The molecule has 35 heavy (non-hydrogen) atoms. The zero-order valence-electron chi connectivity index (χ0n) is 21.5. The number of allylic oxidation sites excluding steroid dienone is 2. The third kappa shape index (κ3) is 11.9. The van der Waals surface area contributed by atoms with Gasteiger partial charge in [-0.15, -0.1) is 13.2 Å². The highest BCUT2D eigenvalue weighted by atomic mass is 16.5. The van der Waals surface area contributed by atoms with Gasteiger partial charge in [0.25, 0.3) is 0 Å². The number of aliphatic hydroxyl groups is 1. The van der Waals surface area contributed by atoms with Gasteiger partial charge in [0.2, 0.25) is 11.8 Å². The number of hydrogen-bond acceptors (Lipinski definition) is 5. The normalized spacial score (nSPS) is 12.8. The van der Waals surface area contributed by atoms with Crippen LogP contribution in [0.25, 0.3) is 0 Å². The van der Waals surface area contributed by atoms with Crippen molar-refractivity contribution in [1.29, 1.82) is 0 Å². The Bertz CT molecular complexity index is 816. The van der Waals surface area contributed by atoms with Crippen LogP contribution in [0, 0.1) is 11.3 Å². The molecule has 0 heterocycles. The lowest BCUT2D eigenvalue weighted by Gasteiger charge is -2.32. The van der Waals surface area contributed by atoms with Crippen LogP contribution in [0.15, 0.2) is 55.6 Å². The van der Waals surface area contributed by atoms with Crippen molar-refractivity contribution in [2.75, 3.05) is 19.8 Å². The summed E-state index contributed by atoms with van der Waals surface area (Å²) >= 11 is 0. The van der Waals surface area contributed by atoms with Gasteiger partial charge in [-0.3, -0.25) is 14.4 Å². The number of benzene rings is 1. The number of nitrogens with one attached hydrogen (secondary N) is 1. The van der Waals surface area contributed by atoms with Crippen molar-refractivity contribution < 1.29 is 24.2 Å². The maximum atomic E-state index is 13.2. The summed E-state index contributed by atoms with van der Waals surface area (Å²) in [5.41, 5.74) is 0.581. The van der Waals surface area contributed by atoms with Crippen molar-refractivity contribution in [1.82, 2.24) is 10.2 Å². The van der Waals surface area contributed by atoms with Crippen molar-refractivity contribution in [3.63, 3.8) is 0 Å². The Labute approximate surface area is 210 Å². The number of ether oxygens (including phenoxy) is 1. The molecule has 7 nitrogen and oxygen atoms in total. The predicted octanol–water partition coefficient (Wildman–Crippen LogP) is 4.02. The van der Waals surface area contributed by atoms with Crippen LogP contribution < -0.4 is 5.32 Å². The summed E-state index contributed by atoms with van der Waals surface area (Å²) in [6, 6.07) is 9.10. The zero-order chi connectivity index (χ0) is 26.3. The van der Waals surface area contributed by atoms with Crippen LogP contribution in [-0.2, 0) is 25.7 Å². The van der Waals surface area contributed by atoms with Crippen molar-refractivity contribution in [2.24, 2.45) is 11.3 Å². The quantitative estimate of drug-likeness (QED) is 0.209. The lowest BCUT2D eigenvalue weighted by molar-refractivity contribution is -0.146. The fourth-order valence-corrected chi connectivity index (χ4v) is 3.48. The summed E-state index contributed by atoms with van der Waals surface area (Å²) in [6.07, 6.45) is 5.41. The number of aliphatic hydroxyl groups excluding tert-OH is 1. The third-order valence-electron chi connectivity index (χ3n) is 5.74. The fourth-order valence-electron chi connectivity index (χ4n) is 3.48. The molecular weight excluding hydrogens is 444 g/mol. The molecule has 2 atom stereocenters. The van der Waals surface area contributed by atoms with Gasteiger partial charge in [0.1, 0.15) is 6.61 Å². The number of hydrogen-bond donors (Lipinski definition) is 2. The molecule has 0 saturated heterocycles. The molecule has 0 saturated carbocycles. The minimum Gasteiger partial charge on any atom is -0.463 e. The molecule has 0 unspecified atom stereocenters. The van der Waals surface area contributed by atoms with Crippen LogP contribution in [0.4, 0.5) is 0 Å². The van der Waals surface area contributed by atoms with Crippen LogP contribution in [0.1, 0.15) is 58.4 Å². The number of unbranched alkanes of at least 4 members (excludes halogenated alkanes) is 1. The second-order valence-corrected chi connectivity index (χ2v) is 9.74. The van der Waals surface area contributed by atoms with E-state index in [-0.39, 0.29) is 49.4 Å². The molecule has 1 aromatic rings. The van der Waals surface area contributed by atoms with Gasteiger partial charge in [-0.1, -0.05) is 63.3 Å². The van der Waals surface area contributed by atoms with Gasteiger partial charge in [-0.25, -0.2) is 0 Å². The Hall–Kier alpha value is -2.93. The van der Waals surface area contributed by atoms with Crippen molar-refractivity contribution in [3.8, 4) is 0 Å². The molecule has 0 aliphatic heterocycles. The summed E-state index contributed by atoms with van der Waals surface area (Å²) in [4.78, 5) is 39.9. The van der Waals surface area contributed by atoms with E-state index in [0.29, 0.717) is 25.8 Å². The van der Waals surface area contributed by atoms with E-state index in [1.165, 1.54) is 0 Å². The maximum absolute atomic E-state index is 13.2. The Balaban J connectivity index is 2.84. The number of esters is 1. The molecular formula is C28H42N2O5. The van der Waals surface area contributed by atoms with Crippen LogP contribution in [0.3, 0.4) is 0 Å². The molecule has 0 fully saturated rings. The number of amides is 2. The predicted molar refractivity (Wildman–Crippen MR) is 138 cm³/mol. The lowest BCUT2D eigenvalue weighted by Crippen LogP contribution is -2.49. The van der Waals surface area contributed by atoms with E-state index in [0.717, 1.165) is 12.0 Å². The monoisotopic (exact) mass is 486 g/mol. The number of rotatable bonds is 16. The molecule has 0 radical (unpaired) electrons. The number of carbonyl (C=O) groups is 3. The molecule has 1 rings (SSSR count). The van der Waals surface area contributed by atoms with Crippen molar-refractivity contribution >= 4 is 17.8 Å². The topological polar surface area (TPSA) is 95.9 Å². The molecule has 0 spiro atoms. The smallest absolute Gasteiger partial charge is 0.305 e. The Morgan fingerprint density at radius 1 is 1.14 bits per heavy atom. The van der Waals surface area contributed by atoms with E-state index >= 15 is 0 Å². The largest absolute Gasteiger partial charge is 0.463 e. The molecule has 194 valence electrons. The first-order valence-electron chi connectivity index (χ1n) is 12.2. The first-order valence-corrected chi connectivity index (χ1v) is 12.2. The molecule has 0 aromatic heterocycles. The molecule has 2 N–H and O–H groups in total. The highest BCUT2D eigenvalue weighted by Gasteiger charge is 2.31. The summed E-state index contributed by atoms with van der Waals surface area (Å²) in [5.74, 6) is -1.44. The highest BCUT2D eigenvalue weighted by molar-refractivity contribution is 5.86. The van der Waals surface area contributed by atoms with E-state index in [1.54, 1.807) is 17.1 Å². The van der Waals surface area contributed by atoms with Gasteiger partial charge < -0.3 is 20.1 Å². The third-order valence-corrected chi connectivity index (χ3v) is 5.74. The molecule has 1 aromatic carbocycles. The number of nitrogens with zero attached hydrogens (tertiary/aromatic N) is 1. The average Bonchev–Trinajstić information content (AvgIpc) is 2.81. The molecule has 0 aliphatic rings. The van der Waals surface area contributed by atoms with Crippen LogP contribution in [0.2, 0.25) is 0 Å². The van der Waals surface area contributed by atoms with Gasteiger partial charge in [0.05, 0.1) is 18.6 Å². The van der Waals surface area contributed by atoms with E-state index in [9.17, 15) is 19.5 Å². The van der Waals surface area contributed by atoms with E-state index < -0.39 is 12.0 Å². The highest BCUT2D eigenvalue weighted by Crippen LogP contribution is 2.22. The Morgan fingerprint density at radius 3 is 2.40 bits per heavy atom. The number of carbonyl (C=O) groups excluding carboxylic acids is 3. The van der Waals surface area contributed by atoms with Crippen molar-refractivity contribution in [3.05, 3.63) is 61.2 Å². The molecule has 0 bridgehead atoms. The Kier molecular flexibility index (Phi) is 13.7. The van der Waals surface area contributed by atoms with Gasteiger partial charge in [0, 0.05) is 25.9 Å². The Morgan fingerprint density at radius 2 is 1.83 bits per heavy atom. The SMILES string of the molecule is C=CCCCC(=O)OC[C@@H](NC(=O)[C@H](CC=C)CC(=O)N(CCO)Cc1ccccc1)C(C)(C)C. The van der Waals surface area contributed by atoms with Crippen LogP contribution >= 0.6 is 0 Å². The molecule has 2 amide bonds. The first-order chi connectivity index (χ1) is 16.6. The maximum Gasteiger partial charge on any atom is 0.305 e. The summed E-state index contributed by atoms with van der Waals surface area (Å²) in [5, 5.41) is 12.4. The second-order valence-electron chi connectivity index (χ2n) is 9.74. The van der Waals surface area contributed by atoms with E-state index in [1.807, 2.05) is 51.1 Å². The molecule has 7 heteroatoms. The van der Waals surface area contributed by atoms with Crippen molar-refractivity contribution in [2.45, 2.75) is 65.5 Å². The van der Waals surface area contributed by atoms with Crippen LogP contribution in [-0.4, -0.2) is 53.6 Å². The van der Waals surface area contributed by atoms with Gasteiger partial charge in [-0.05, 0) is 30.2 Å². The van der Waals surface area contributed by atoms with E-state index in [4.69, 9.17) is 4.74 Å². The molecule has 0 aliphatic carbocycles. The minimum absolute atomic E-state index is 0.0110. The van der Waals surface area contributed by atoms with E-state index in [2.05, 4.69) is 18.5 Å². The minimum atomic E-state index is -0.620. The fraction of sp³-hybridized carbons (Fsp3) is 0.536. The standard InChI is InChI=1S/C28H42N2O5/c1-6-8-10-16-26(33)35-21-24(28(3,4)5)29-27(34)23(13-7-2)19-25(32)30(17-18-31)20-22-14-11-9-12-15-22/h6-7,9,11-12,14-15,23-24,31H,1-2,8,10,13,16-21H2,3-5H3,(H,29,34)/t23-,24-/m1/s1. The van der Waals surface area contributed by atoms with Gasteiger partial charge in [-0.2, -0.15) is 0 Å². The lowest BCUT2D eigenvalue weighted by atomic mass is 9.86. The summed E-state index contributed by atoms with van der Waals surface area (Å²) in [7, 11) is 0. The summed E-state index contributed by atoms with van der Waals surface area (Å²) < 4.78 is 5.42. The van der Waals surface area contributed by atoms with Gasteiger partial charge in [0.15, 0.2) is 0 Å². The van der Waals surface area contributed by atoms with Gasteiger partial charge >= 0.3 is 5.97 Å². The van der Waals surface area contributed by atoms with Crippen LogP contribution in [0.5, 0.6) is 0 Å². The zero-order valence-corrected chi connectivity index (χ0v) is 21.5. The second kappa shape index (κ2) is 15.9.